The van der Waals surface area contributed by atoms with Gasteiger partial charge in [0.1, 0.15) is 0 Å². The van der Waals surface area contributed by atoms with E-state index in [9.17, 15) is 0 Å². The number of nitrogens with two attached hydrogens (primary N) is 1. The van der Waals surface area contributed by atoms with Gasteiger partial charge in [0, 0.05) is 17.0 Å². The van der Waals surface area contributed by atoms with Crippen molar-refractivity contribution in [3.05, 3.63) is 22.4 Å². The van der Waals surface area contributed by atoms with Crippen molar-refractivity contribution < 1.29 is 0 Å². The molecule has 2 nitrogen and oxygen atoms in total. The highest BCUT2D eigenvalue weighted by atomic mass is 32.1. The van der Waals surface area contributed by atoms with Crippen molar-refractivity contribution in [2.75, 3.05) is 13.6 Å². The summed E-state index contributed by atoms with van der Waals surface area (Å²) in [4.78, 5) is 3.74. The van der Waals surface area contributed by atoms with Crippen molar-refractivity contribution in [1.82, 2.24) is 4.90 Å². The lowest BCUT2D eigenvalue weighted by atomic mass is 10.0. The van der Waals surface area contributed by atoms with Gasteiger partial charge >= 0.3 is 0 Å². The minimum Gasteiger partial charge on any atom is -0.326 e. The van der Waals surface area contributed by atoms with E-state index in [2.05, 4.69) is 43.3 Å². The molecule has 1 aromatic heterocycles. The maximum atomic E-state index is 5.93. The highest BCUT2D eigenvalue weighted by Gasteiger charge is 2.11. The molecule has 0 saturated heterocycles. The quantitative estimate of drug-likeness (QED) is 0.811. The molecular weight excluding hydrogens is 192 g/mol. The lowest BCUT2D eigenvalue weighted by Gasteiger charge is -2.23. The fraction of sp³-hybridized carbons (Fsp3) is 0.636. The third kappa shape index (κ3) is 4.74. The summed E-state index contributed by atoms with van der Waals surface area (Å²) in [5.74, 6) is 0. The SMILES string of the molecule is CN(CCC(C)(C)N)Cc1cccs1. The van der Waals surface area contributed by atoms with Crippen molar-refractivity contribution in [3.8, 4) is 0 Å². The molecule has 0 amide bonds. The topological polar surface area (TPSA) is 29.3 Å². The lowest BCUT2D eigenvalue weighted by Crippen LogP contribution is -2.36. The molecule has 0 aliphatic heterocycles. The van der Waals surface area contributed by atoms with Crippen LogP contribution in [0.4, 0.5) is 0 Å². The summed E-state index contributed by atoms with van der Waals surface area (Å²) in [7, 11) is 2.14. The number of nitrogens with zero attached hydrogens (tertiary/aromatic N) is 1. The first-order valence-electron chi connectivity index (χ1n) is 4.97. The van der Waals surface area contributed by atoms with Gasteiger partial charge in [0.15, 0.2) is 0 Å². The fourth-order valence-electron chi connectivity index (χ4n) is 1.23. The van der Waals surface area contributed by atoms with Gasteiger partial charge in [-0.2, -0.15) is 0 Å². The molecule has 0 unspecified atom stereocenters. The van der Waals surface area contributed by atoms with Gasteiger partial charge in [0.05, 0.1) is 0 Å². The first kappa shape index (κ1) is 11.7. The first-order chi connectivity index (χ1) is 6.47. The molecule has 0 bridgehead atoms. The predicted molar refractivity (Wildman–Crippen MR) is 63.5 cm³/mol. The van der Waals surface area contributed by atoms with E-state index in [-0.39, 0.29) is 5.54 Å². The summed E-state index contributed by atoms with van der Waals surface area (Å²) >= 11 is 1.81. The monoisotopic (exact) mass is 212 g/mol. The molecule has 2 N–H and O–H groups in total. The van der Waals surface area contributed by atoms with Gasteiger partial charge in [-0.1, -0.05) is 6.07 Å². The largest absolute Gasteiger partial charge is 0.326 e. The molecule has 0 aliphatic rings. The van der Waals surface area contributed by atoms with E-state index in [1.165, 1.54) is 4.88 Å². The smallest absolute Gasteiger partial charge is 0.0324 e. The Morgan fingerprint density at radius 3 is 2.71 bits per heavy atom. The summed E-state index contributed by atoms with van der Waals surface area (Å²) in [5, 5.41) is 2.12. The maximum absolute atomic E-state index is 5.93. The number of thiophene rings is 1. The Kier molecular flexibility index (Phi) is 4.11. The van der Waals surface area contributed by atoms with Crippen LogP contribution in [0.25, 0.3) is 0 Å². The van der Waals surface area contributed by atoms with Gasteiger partial charge in [0.2, 0.25) is 0 Å². The second-order valence-corrected chi connectivity index (χ2v) is 5.59. The molecule has 0 aromatic carbocycles. The van der Waals surface area contributed by atoms with Crippen LogP contribution in [0.15, 0.2) is 17.5 Å². The molecule has 0 radical (unpaired) electrons. The Labute approximate surface area is 90.7 Å². The normalized spacial score (nSPS) is 12.4. The van der Waals surface area contributed by atoms with Crippen LogP contribution in [0.3, 0.4) is 0 Å². The Morgan fingerprint density at radius 2 is 2.21 bits per heavy atom. The molecule has 1 heterocycles. The number of hydrogen-bond donors (Lipinski definition) is 1. The van der Waals surface area contributed by atoms with E-state index in [1.807, 2.05) is 11.3 Å². The van der Waals surface area contributed by atoms with Crippen molar-refractivity contribution in [3.63, 3.8) is 0 Å². The molecule has 80 valence electrons. The molecule has 0 atom stereocenters. The second-order valence-electron chi connectivity index (χ2n) is 4.56. The second kappa shape index (κ2) is 4.91. The molecule has 1 aromatic rings. The molecule has 3 heteroatoms. The number of hydrogen-bond acceptors (Lipinski definition) is 3. The van der Waals surface area contributed by atoms with Crippen LogP contribution in [0.1, 0.15) is 25.1 Å². The summed E-state index contributed by atoms with van der Waals surface area (Å²) in [5.41, 5.74) is 5.88. The van der Waals surface area contributed by atoms with E-state index in [1.54, 1.807) is 0 Å². The average Bonchev–Trinajstić information content (AvgIpc) is 2.52. The van der Waals surface area contributed by atoms with Gasteiger partial charge < -0.3 is 10.6 Å². The zero-order valence-electron chi connectivity index (χ0n) is 9.29. The minimum absolute atomic E-state index is 0.0519. The third-order valence-corrected chi connectivity index (χ3v) is 3.00. The van der Waals surface area contributed by atoms with E-state index in [0.29, 0.717) is 0 Å². The predicted octanol–water partition coefficient (Wildman–Crippen LogP) is 2.31. The third-order valence-electron chi connectivity index (χ3n) is 2.14. The van der Waals surface area contributed by atoms with Crippen LogP contribution in [0, 0.1) is 0 Å². The maximum Gasteiger partial charge on any atom is 0.0324 e. The Balaban J connectivity index is 2.26. The molecule has 0 aliphatic carbocycles. The molecule has 0 spiro atoms. The van der Waals surface area contributed by atoms with E-state index >= 15 is 0 Å². The highest BCUT2D eigenvalue weighted by Crippen LogP contribution is 2.12. The zero-order chi connectivity index (χ0) is 10.6. The Bertz CT molecular complexity index is 249. The van der Waals surface area contributed by atoms with Crippen LogP contribution in [0.2, 0.25) is 0 Å². The van der Waals surface area contributed by atoms with Crippen LogP contribution in [-0.4, -0.2) is 24.0 Å². The van der Waals surface area contributed by atoms with Gasteiger partial charge in [0.25, 0.3) is 0 Å². The summed E-state index contributed by atoms with van der Waals surface area (Å²) < 4.78 is 0. The van der Waals surface area contributed by atoms with Crippen LogP contribution < -0.4 is 5.73 Å². The molecule has 14 heavy (non-hydrogen) atoms. The first-order valence-corrected chi connectivity index (χ1v) is 5.85. The van der Waals surface area contributed by atoms with Crippen LogP contribution >= 0.6 is 11.3 Å². The van der Waals surface area contributed by atoms with Crippen molar-refractivity contribution >= 4 is 11.3 Å². The van der Waals surface area contributed by atoms with Crippen molar-refractivity contribution in [2.24, 2.45) is 5.73 Å². The highest BCUT2D eigenvalue weighted by molar-refractivity contribution is 7.09. The average molecular weight is 212 g/mol. The van der Waals surface area contributed by atoms with E-state index in [0.717, 1.165) is 19.5 Å². The molecule has 1 rings (SSSR count). The number of rotatable bonds is 5. The van der Waals surface area contributed by atoms with Gasteiger partial charge in [-0.05, 0) is 45.3 Å². The van der Waals surface area contributed by atoms with Gasteiger partial charge in [-0.3, -0.25) is 0 Å². The summed E-state index contributed by atoms with van der Waals surface area (Å²) in [6, 6.07) is 4.27. The van der Waals surface area contributed by atoms with Crippen molar-refractivity contribution in [2.45, 2.75) is 32.4 Å². The van der Waals surface area contributed by atoms with Gasteiger partial charge in [-0.25, -0.2) is 0 Å². The molecule has 0 saturated carbocycles. The van der Waals surface area contributed by atoms with Crippen molar-refractivity contribution in [1.29, 1.82) is 0 Å². The summed E-state index contributed by atoms with van der Waals surface area (Å²) in [6.45, 7) is 6.24. The zero-order valence-corrected chi connectivity index (χ0v) is 10.1. The molecule has 0 fully saturated rings. The molecular formula is C11H20N2S. The minimum atomic E-state index is -0.0519. The van der Waals surface area contributed by atoms with E-state index in [4.69, 9.17) is 5.73 Å². The Morgan fingerprint density at radius 1 is 1.50 bits per heavy atom. The van der Waals surface area contributed by atoms with Crippen LogP contribution in [-0.2, 0) is 6.54 Å². The van der Waals surface area contributed by atoms with E-state index < -0.39 is 0 Å². The summed E-state index contributed by atoms with van der Waals surface area (Å²) in [6.07, 6.45) is 1.04. The Hall–Kier alpha value is -0.380. The fourth-order valence-corrected chi connectivity index (χ4v) is 2.01. The van der Waals surface area contributed by atoms with Gasteiger partial charge in [-0.15, -0.1) is 11.3 Å². The standard InChI is InChI=1S/C11H20N2S/c1-11(2,12)6-7-13(3)9-10-5-4-8-14-10/h4-5,8H,6-7,9,12H2,1-3H3. The lowest BCUT2D eigenvalue weighted by molar-refractivity contribution is 0.291. The van der Waals surface area contributed by atoms with Crippen LogP contribution in [0.5, 0.6) is 0 Å².